The summed E-state index contributed by atoms with van der Waals surface area (Å²) >= 11 is 0. The van der Waals surface area contributed by atoms with Crippen LogP contribution in [0.25, 0.3) is 0 Å². The van der Waals surface area contributed by atoms with Gasteiger partial charge in [-0.05, 0) is 149 Å². The smallest absolute Gasteiger partial charge is 0.170 e. The fraction of sp³-hybridized carbons (Fsp3) is 1.00. The lowest BCUT2D eigenvalue weighted by Gasteiger charge is -2.64. The molecule has 2 saturated heterocycles. The van der Waals surface area contributed by atoms with Crippen LogP contribution in [0.1, 0.15) is 139 Å². The van der Waals surface area contributed by atoms with E-state index in [1.165, 1.54) is 70.6 Å². The van der Waals surface area contributed by atoms with Crippen molar-refractivity contribution in [3.8, 4) is 0 Å². The molecule has 2 N–H and O–H groups in total. The molecule has 7 heteroatoms. The van der Waals surface area contributed by atoms with E-state index in [2.05, 4.69) is 39.5 Å². The molecule has 2 heterocycles. The van der Waals surface area contributed by atoms with Crippen molar-refractivity contribution in [1.29, 1.82) is 0 Å². The van der Waals surface area contributed by atoms with E-state index in [0.717, 1.165) is 50.4 Å². The van der Waals surface area contributed by atoms with E-state index in [0.29, 0.717) is 41.1 Å². The second kappa shape index (κ2) is 12.1. The van der Waals surface area contributed by atoms with Gasteiger partial charge in [0.25, 0.3) is 0 Å². The Morgan fingerprint density at radius 3 is 2.45 bits per heavy atom. The molecular weight excluding hydrogens is 638 g/mol. The third kappa shape index (κ3) is 4.98. The van der Waals surface area contributed by atoms with Crippen LogP contribution in [0.3, 0.4) is 0 Å². The molecule has 290 valence electrons. The Morgan fingerprint density at radius 1 is 0.941 bits per heavy atom. The van der Waals surface area contributed by atoms with Gasteiger partial charge in [0, 0.05) is 31.2 Å². The Labute approximate surface area is 309 Å². The standard InChI is InChI=1S/C44H73NO6/c1-9-48-38(40(5,6)47)30-21-26(2)35-36(50-30)37(46)42(8)32-14-13-31-39(3,4)33(15-16-43(31)25-44(32,43)18-17-41(35,42)7)51-34-24-45(19-20-49-34)29-23-27-11-10-12-28(29)22-27/h26-38,46-47H,9-25H2,1-8H3/t26-,27?,28?,29?,30-,31+,32+,33+,34+,35+,36+,37+,38+,41-,42-,43-,44+/m1/s1. The first-order valence-electron chi connectivity index (χ1n) is 21.8. The summed E-state index contributed by atoms with van der Waals surface area (Å²) in [6.45, 7) is 21.5. The lowest BCUT2D eigenvalue weighted by Crippen LogP contribution is -2.60. The molecule has 2 aliphatic heterocycles. The molecule has 7 saturated carbocycles. The van der Waals surface area contributed by atoms with Crippen LogP contribution < -0.4 is 0 Å². The first-order valence-corrected chi connectivity index (χ1v) is 21.8. The van der Waals surface area contributed by atoms with E-state index in [9.17, 15) is 10.2 Å². The van der Waals surface area contributed by atoms with E-state index in [1.807, 2.05) is 20.8 Å². The summed E-state index contributed by atoms with van der Waals surface area (Å²) < 4.78 is 26.7. The molecule has 3 unspecified atom stereocenters. The Hall–Kier alpha value is -0.280. The van der Waals surface area contributed by atoms with Gasteiger partial charge < -0.3 is 29.2 Å². The second-order valence-corrected chi connectivity index (χ2v) is 21.6. The zero-order valence-electron chi connectivity index (χ0n) is 33.5. The molecule has 0 amide bonds. The normalized spacial score (nSPS) is 55.2. The lowest BCUT2D eigenvalue weighted by atomic mass is 9.41. The van der Waals surface area contributed by atoms with Gasteiger partial charge in [-0.15, -0.1) is 0 Å². The zero-order chi connectivity index (χ0) is 35.9. The van der Waals surface area contributed by atoms with Crippen molar-refractivity contribution in [2.24, 2.45) is 62.6 Å². The van der Waals surface area contributed by atoms with Crippen LogP contribution in [0.2, 0.25) is 0 Å². The number of rotatable bonds is 7. The highest BCUT2D eigenvalue weighted by atomic mass is 16.7. The molecule has 2 bridgehead atoms. The minimum atomic E-state index is -1.01. The highest BCUT2D eigenvalue weighted by molar-refractivity contribution is 5.33. The second-order valence-electron chi connectivity index (χ2n) is 21.6. The molecule has 0 aromatic heterocycles. The highest BCUT2D eigenvalue weighted by Crippen LogP contribution is 2.89. The summed E-state index contributed by atoms with van der Waals surface area (Å²) in [6.07, 6.45) is 15.5. The summed E-state index contributed by atoms with van der Waals surface area (Å²) in [4.78, 5) is 2.77. The van der Waals surface area contributed by atoms with Gasteiger partial charge in [-0.1, -0.05) is 47.5 Å². The quantitative estimate of drug-likeness (QED) is 0.282. The van der Waals surface area contributed by atoms with Crippen molar-refractivity contribution in [2.75, 3.05) is 26.3 Å². The summed E-state index contributed by atoms with van der Waals surface area (Å²) in [5, 5.41) is 23.8. The summed E-state index contributed by atoms with van der Waals surface area (Å²) in [5.41, 5.74) is -0.377. The number of aliphatic hydroxyl groups is 2. The molecule has 0 aromatic rings. The van der Waals surface area contributed by atoms with Gasteiger partial charge in [0.1, 0.15) is 6.10 Å². The Kier molecular flexibility index (Phi) is 8.63. The number of hydrogen-bond acceptors (Lipinski definition) is 7. The minimum Gasteiger partial charge on any atom is -0.390 e. The number of nitrogens with zero attached hydrogens (tertiary/aromatic N) is 1. The van der Waals surface area contributed by atoms with Crippen LogP contribution in [0.5, 0.6) is 0 Å². The maximum Gasteiger partial charge on any atom is 0.170 e. The monoisotopic (exact) mass is 712 g/mol. The Balaban J connectivity index is 0.925. The maximum atomic E-state index is 12.7. The summed E-state index contributed by atoms with van der Waals surface area (Å²) in [5.74, 6) is 3.74. The van der Waals surface area contributed by atoms with Crippen molar-refractivity contribution in [1.82, 2.24) is 4.90 Å². The number of morpholine rings is 1. The van der Waals surface area contributed by atoms with Crippen molar-refractivity contribution in [2.45, 2.75) is 187 Å². The van der Waals surface area contributed by atoms with Crippen LogP contribution in [0.15, 0.2) is 0 Å². The molecule has 9 aliphatic rings. The van der Waals surface area contributed by atoms with E-state index in [4.69, 9.17) is 18.9 Å². The van der Waals surface area contributed by atoms with Crippen LogP contribution in [-0.4, -0.2) is 89.9 Å². The van der Waals surface area contributed by atoms with E-state index < -0.39 is 17.8 Å². The van der Waals surface area contributed by atoms with E-state index in [1.54, 1.807) is 0 Å². The van der Waals surface area contributed by atoms with Gasteiger partial charge in [0.15, 0.2) is 6.29 Å². The molecule has 51 heavy (non-hydrogen) atoms. The molecule has 0 aromatic carbocycles. The van der Waals surface area contributed by atoms with Crippen LogP contribution in [0.4, 0.5) is 0 Å². The number of fused-ring (bicyclic) bond motifs is 6. The maximum absolute atomic E-state index is 12.7. The van der Waals surface area contributed by atoms with Gasteiger partial charge in [-0.2, -0.15) is 0 Å². The third-order valence-corrected chi connectivity index (χ3v) is 18.9. The van der Waals surface area contributed by atoms with Crippen LogP contribution >= 0.6 is 0 Å². The summed E-state index contributed by atoms with van der Waals surface area (Å²) in [6, 6.07) is 0.747. The molecular formula is C44H73NO6. The molecule has 9 fully saturated rings. The Morgan fingerprint density at radius 2 is 1.71 bits per heavy atom. The van der Waals surface area contributed by atoms with Crippen molar-refractivity contribution >= 4 is 0 Å². The fourth-order valence-electron chi connectivity index (χ4n) is 16.8. The SMILES string of the molecule is CCO[C@@H]([C@H]1C[C@@H](C)[C@H]2[C@H](O1)[C@H](O)[C@@]1(C)[C@@H]3CC[C@H]4C(C)(C)[C@@H](O[C@H]5CN(C6CC7CCCC6C7)CCO5)CC[C@@]45C[C@@]35CC[C@]21C)C(C)(C)O. The minimum absolute atomic E-state index is 0.0295. The lowest BCUT2D eigenvalue weighted by molar-refractivity contribution is -0.251. The molecule has 7 aliphatic carbocycles. The number of aliphatic hydroxyl groups excluding tert-OH is 1. The number of ether oxygens (including phenoxy) is 4. The fourth-order valence-corrected chi connectivity index (χ4v) is 16.8. The van der Waals surface area contributed by atoms with Gasteiger partial charge in [-0.25, -0.2) is 0 Å². The molecule has 7 nitrogen and oxygen atoms in total. The first-order chi connectivity index (χ1) is 24.1. The van der Waals surface area contributed by atoms with Gasteiger partial charge in [0.2, 0.25) is 0 Å². The van der Waals surface area contributed by atoms with Crippen LogP contribution in [0, 0.1) is 62.6 Å². The van der Waals surface area contributed by atoms with Gasteiger partial charge in [-0.3, -0.25) is 4.90 Å². The van der Waals surface area contributed by atoms with Gasteiger partial charge >= 0.3 is 0 Å². The van der Waals surface area contributed by atoms with E-state index in [-0.39, 0.29) is 40.8 Å². The Bertz CT molecular complexity index is 1330. The topological polar surface area (TPSA) is 80.6 Å². The van der Waals surface area contributed by atoms with Crippen LogP contribution in [-0.2, 0) is 18.9 Å². The third-order valence-electron chi connectivity index (χ3n) is 18.9. The van der Waals surface area contributed by atoms with Crippen molar-refractivity contribution in [3.63, 3.8) is 0 Å². The van der Waals surface area contributed by atoms with Crippen molar-refractivity contribution in [3.05, 3.63) is 0 Å². The van der Waals surface area contributed by atoms with Gasteiger partial charge in [0.05, 0.1) is 36.6 Å². The molecule has 2 spiro atoms. The molecule has 9 rings (SSSR count). The highest BCUT2D eigenvalue weighted by Gasteiger charge is 2.84. The average Bonchev–Trinajstić information content (AvgIpc) is 3.60. The average molecular weight is 712 g/mol. The van der Waals surface area contributed by atoms with Crippen molar-refractivity contribution < 1.29 is 29.2 Å². The molecule has 17 atom stereocenters. The number of hydrogen-bond donors (Lipinski definition) is 2. The van der Waals surface area contributed by atoms with E-state index >= 15 is 0 Å². The predicted octanol–water partition coefficient (Wildman–Crippen LogP) is 7.60. The molecule has 0 radical (unpaired) electrons. The first kappa shape index (κ1) is 36.4. The summed E-state index contributed by atoms with van der Waals surface area (Å²) in [7, 11) is 0. The zero-order valence-corrected chi connectivity index (χ0v) is 33.5. The predicted molar refractivity (Wildman–Crippen MR) is 198 cm³/mol. The largest absolute Gasteiger partial charge is 0.390 e.